The molecule has 0 unspecified atom stereocenters. The fourth-order valence-corrected chi connectivity index (χ4v) is 4.37. The monoisotopic (exact) mass is 421 g/mol. The van der Waals surface area contributed by atoms with Crippen LogP contribution in [0.15, 0.2) is 47.4 Å². The van der Waals surface area contributed by atoms with Gasteiger partial charge in [-0.15, -0.1) is 0 Å². The minimum atomic E-state index is -3.40. The molecule has 1 fully saturated rings. The van der Waals surface area contributed by atoms with Gasteiger partial charge in [-0.05, 0) is 36.8 Å². The molecule has 1 aliphatic rings. The first kappa shape index (κ1) is 20.6. The average Bonchev–Trinajstić information content (AvgIpc) is 2.64. The third-order valence-corrected chi connectivity index (χ3v) is 6.20. The Balaban J connectivity index is 1.58. The smallest absolute Gasteiger partial charge is 0.238 e. The number of rotatable bonds is 5. The lowest BCUT2D eigenvalue weighted by Crippen LogP contribution is -2.48. The first-order valence-electron chi connectivity index (χ1n) is 9.06. The predicted molar refractivity (Wildman–Crippen MR) is 113 cm³/mol. The van der Waals surface area contributed by atoms with Crippen LogP contribution in [0.4, 0.5) is 11.4 Å². The van der Waals surface area contributed by atoms with Crippen molar-refractivity contribution >= 4 is 38.7 Å². The first-order chi connectivity index (χ1) is 13.2. The van der Waals surface area contributed by atoms with Crippen molar-refractivity contribution in [2.45, 2.75) is 11.8 Å². The third kappa shape index (κ3) is 5.04. The van der Waals surface area contributed by atoms with Gasteiger partial charge in [-0.1, -0.05) is 29.8 Å². The fraction of sp³-hybridized carbons (Fsp3) is 0.350. The van der Waals surface area contributed by atoms with Gasteiger partial charge in [0, 0.05) is 43.1 Å². The zero-order valence-corrected chi connectivity index (χ0v) is 17.6. The number of piperazine rings is 1. The van der Waals surface area contributed by atoms with Crippen LogP contribution in [0.5, 0.6) is 0 Å². The number of nitrogens with zero attached hydrogens (tertiary/aromatic N) is 2. The molecule has 150 valence electrons. The number of nitrogens with one attached hydrogen (secondary N) is 1. The molecule has 1 N–H and O–H groups in total. The number of amides is 1. The SMILES string of the molecule is Cc1ccc(Cl)cc1N1CCN(CC(=O)Nc2ccccc2S(C)(=O)=O)CC1. The largest absolute Gasteiger partial charge is 0.369 e. The first-order valence-corrected chi connectivity index (χ1v) is 11.3. The van der Waals surface area contributed by atoms with Crippen LogP contribution >= 0.6 is 11.6 Å². The lowest BCUT2D eigenvalue weighted by atomic mass is 10.1. The van der Waals surface area contributed by atoms with Crippen molar-refractivity contribution < 1.29 is 13.2 Å². The number of halogens is 1. The molecular weight excluding hydrogens is 398 g/mol. The Labute approximate surface area is 171 Å². The number of para-hydroxylation sites is 1. The molecule has 0 bridgehead atoms. The Bertz CT molecular complexity index is 970. The van der Waals surface area contributed by atoms with Gasteiger partial charge in [0.1, 0.15) is 0 Å². The van der Waals surface area contributed by atoms with Gasteiger partial charge in [0.2, 0.25) is 5.91 Å². The van der Waals surface area contributed by atoms with E-state index in [2.05, 4.69) is 22.0 Å². The Morgan fingerprint density at radius 2 is 1.79 bits per heavy atom. The molecule has 8 heteroatoms. The maximum absolute atomic E-state index is 12.4. The lowest BCUT2D eigenvalue weighted by Gasteiger charge is -2.36. The van der Waals surface area contributed by atoms with Crippen molar-refractivity contribution in [1.82, 2.24) is 4.90 Å². The zero-order chi connectivity index (χ0) is 20.3. The second-order valence-electron chi connectivity index (χ2n) is 7.01. The van der Waals surface area contributed by atoms with Gasteiger partial charge < -0.3 is 10.2 Å². The number of carbonyl (C=O) groups excluding carboxylic acids is 1. The van der Waals surface area contributed by atoms with E-state index >= 15 is 0 Å². The molecule has 28 heavy (non-hydrogen) atoms. The summed E-state index contributed by atoms with van der Waals surface area (Å²) in [6.07, 6.45) is 1.13. The van der Waals surface area contributed by atoms with Crippen LogP contribution in [0.3, 0.4) is 0 Å². The maximum atomic E-state index is 12.4. The Morgan fingerprint density at radius 1 is 1.11 bits per heavy atom. The number of benzene rings is 2. The fourth-order valence-electron chi connectivity index (χ4n) is 3.36. The molecule has 6 nitrogen and oxygen atoms in total. The van der Waals surface area contributed by atoms with Crippen LogP contribution in [-0.4, -0.2) is 58.2 Å². The van der Waals surface area contributed by atoms with E-state index in [4.69, 9.17) is 11.6 Å². The molecule has 0 aliphatic carbocycles. The summed E-state index contributed by atoms with van der Waals surface area (Å²) < 4.78 is 23.7. The van der Waals surface area contributed by atoms with Crippen molar-refractivity contribution in [2.75, 3.05) is 49.2 Å². The van der Waals surface area contributed by atoms with Gasteiger partial charge in [-0.3, -0.25) is 9.69 Å². The predicted octanol–water partition coefficient (Wildman–Crippen LogP) is 2.81. The standard InChI is InChI=1S/C20H24ClN3O3S/c1-15-7-8-16(21)13-18(15)24-11-9-23(10-12-24)14-20(25)22-17-5-3-4-6-19(17)28(2,26)27/h3-8,13H,9-12,14H2,1-2H3,(H,22,25). The highest BCUT2D eigenvalue weighted by Crippen LogP contribution is 2.25. The van der Waals surface area contributed by atoms with Crippen molar-refractivity contribution in [2.24, 2.45) is 0 Å². The number of sulfone groups is 1. The topological polar surface area (TPSA) is 69.7 Å². The summed E-state index contributed by atoms with van der Waals surface area (Å²) >= 11 is 6.12. The molecule has 1 aliphatic heterocycles. The molecule has 0 saturated carbocycles. The molecule has 1 heterocycles. The van der Waals surface area contributed by atoms with Crippen LogP contribution < -0.4 is 10.2 Å². The van der Waals surface area contributed by atoms with Crippen molar-refractivity contribution in [3.8, 4) is 0 Å². The van der Waals surface area contributed by atoms with E-state index in [0.29, 0.717) is 10.7 Å². The highest BCUT2D eigenvalue weighted by Gasteiger charge is 2.21. The van der Waals surface area contributed by atoms with Crippen molar-refractivity contribution in [3.05, 3.63) is 53.1 Å². The number of aryl methyl sites for hydroxylation is 1. The number of carbonyl (C=O) groups is 1. The van der Waals surface area contributed by atoms with Crippen LogP contribution in [0.25, 0.3) is 0 Å². The van der Waals surface area contributed by atoms with Gasteiger partial charge in [-0.2, -0.15) is 0 Å². The Hall–Kier alpha value is -2.09. The summed E-state index contributed by atoms with van der Waals surface area (Å²) in [4.78, 5) is 16.9. The van der Waals surface area contributed by atoms with Crippen molar-refractivity contribution in [3.63, 3.8) is 0 Å². The molecule has 0 radical (unpaired) electrons. The lowest BCUT2D eigenvalue weighted by molar-refractivity contribution is -0.117. The Morgan fingerprint density at radius 3 is 2.46 bits per heavy atom. The van der Waals surface area contributed by atoms with E-state index in [1.807, 2.05) is 18.2 Å². The summed E-state index contributed by atoms with van der Waals surface area (Å²) in [5.41, 5.74) is 2.62. The molecule has 0 spiro atoms. The zero-order valence-electron chi connectivity index (χ0n) is 16.0. The minimum absolute atomic E-state index is 0.129. The van der Waals surface area contributed by atoms with Gasteiger partial charge in [0.25, 0.3) is 0 Å². The summed E-state index contributed by atoms with van der Waals surface area (Å²) in [7, 11) is -3.40. The van der Waals surface area contributed by atoms with Crippen LogP contribution in [-0.2, 0) is 14.6 Å². The van der Waals surface area contributed by atoms with Gasteiger partial charge in [0.05, 0.1) is 17.1 Å². The van der Waals surface area contributed by atoms with Crippen LogP contribution in [0.1, 0.15) is 5.56 Å². The van der Waals surface area contributed by atoms with E-state index in [1.165, 1.54) is 11.6 Å². The highest BCUT2D eigenvalue weighted by atomic mass is 35.5. The number of hydrogen-bond donors (Lipinski definition) is 1. The molecule has 0 aromatic heterocycles. The summed E-state index contributed by atoms with van der Waals surface area (Å²) in [6.45, 7) is 5.37. The van der Waals surface area contributed by atoms with E-state index in [-0.39, 0.29) is 17.3 Å². The number of anilines is 2. The minimum Gasteiger partial charge on any atom is -0.369 e. The molecule has 2 aromatic carbocycles. The average molecular weight is 422 g/mol. The van der Waals surface area contributed by atoms with Crippen LogP contribution in [0, 0.1) is 6.92 Å². The highest BCUT2D eigenvalue weighted by molar-refractivity contribution is 7.90. The quantitative estimate of drug-likeness (QED) is 0.803. The summed E-state index contributed by atoms with van der Waals surface area (Å²) in [5, 5.41) is 3.45. The molecule has 2 aromatic rings. The normalized spacial score (nSPS) is 15.5. The van der Waals surface area contributed by atoms with Gasteiger partial charge >= 0.3 is 0 Å². The number of hydrogen-bond acceptors (Lipinski definition) is 5. The summed E-state index contributed by atoms with van der Waals surface area (Å²) in [5.74, 6) is -0.219. The van der Waals surface area contributed by atoms with E-state index in [1.54, 1.807) is 18.2 Å². The molecule has 1 saturated heterocycles. The summed E-state index contributed by atoms with van der Waals surface area (Å²) in [6, 6.07) is 12.3. The van der Waals surface area contributed by atoms with E-state index < -0.39 is 9.84 Å². The molecule has 1 amide bonds. The van der Waals surface area contributed by atoms with Gasteiger partial charge in [0.15, 0.2) is 9.84 Å². The molecular formula is C20H24ClN3O3S. The van der Waals surface area contributed by atoms with Gasteiger partial charge in [-0.25, -0.2) is 8.42 Å². The Kier molecular flexibility index (Phi) is 6.27. The van der Waals surface area contributed by atoms with Crippen molar-refractivity contribution in [1.29, 1.82) is 0 Å². The maximum Gasteiger partial charge on any atom is 0.238 e. The van der Waals surface area contributed by atoms with Crippen LogP contribution in [0.2, 0.25) is 5.02 Å². The van der Waals surface area contributed by atoms with E-state index in [0.717, 1.165) is 38.1 Å². The molecule has 3 rings (SSSR count). The molecule has 0 atom stereocenters. The second-order valence-corrected chi connectivity index (χ2v) is 9.43. The third-order valence-electron chi connectivity index (χ3n) is 4.81. The van der Waals surface area contributed by atoms with E-state index in [9.17, 15) is 13.2 Å². The second kappa shape index (κ2) is 8.51.